The fraction of sp³-hybridized carbons (Fsp3) is 0.385. The molecular formula is C13H19N5O. The van der Waals surface area contributed by atoms with E-state index < -0.39 is 0 Å². The number of amides is 1. The molecule has 1 fully saturated rings. The number of benzene rings is 1. The lowest BCUT2D eigenvalue weighted by Crippen LogP contribution is -2.57. The monoisotopic (exact) mass is 261 g/mol. The summed E-state index contributed by atoms with van der Waals surface area (Å²) >= 11 is 0. The number of hydrazine groups is 2. The number of nitrogens with one attached hydrogen (secondary N) is 2. The zero-order valence-corrected chi connectivity index (χ0v) is 10.8. The molecule has 0 atom stereocenters. The van der Waals surface area contributed by atoms with Crippen LogP contribution >= 0.6 is 0 Å². The van der Waals surface area contributed by atoms with Crippen molar-refractivity contribution in [2.75, 3.05) is 13.1 Å². The maximum Gasteiger partial charge on any atom is 0.275 e. The third kappa shape index (κ3) is 3.10. The zero-order chi connectivity index (χ0) is 13.7. The van der Waals surface area contributed by atoms with E-state index in [1.165, 1.54) is 5.01 Å². The molecule has 1 aliphatic heterocycles. The molecule has 1 amide bonds. The van der Waals surface area contributed by atoms with Crippen LogP contribution in [0.2, 0.25) is 0 Å². The first-order chi connectivity index (χ1) is 9.24. The van der Waals surface area contributed by atoms with Gasteiger partial charge < -0.3 is 0 Å². The highest BCUT2D eigenvalue weighted by Gasteiger charge is 2.27. The Morgan fingerprint density at radius 3 is 2.42 bits per heavy atom. The van der Waals surface area contributed by atoms with E-state index in [0.717, 1.165) is 32.4 Å². The van der Waals surface area contributed by atoms with Gasteiger partial charge in [-0.2, -0.15) is 0 Å². The smallest absolute Gasteiger partial charge is 0.275 e. The van der Waals surface area contributed by atoms with Crippen molar-refractivity contribution < 1.29 is 4.79 Å². The van der Waals surface area contributed by atoms with Gasteiger partial charge in [0, 0.05) is 18.7 Å². The van der Waals surface area contributed by atoms with Crippen molar-refractivity contribution in [3.05, 3.63) is 35.9 Å². The summed E-state index contributed by atoms with van der Waals surface area (Å²) in [5.74, 6) is 4.97. The Hall–Kier alpha value is -1.92. The standard InChI is InChI=1S/C13H19N5O/c14-13(16-15)18(17-9-5-2-6-10-17)12(19)11-7-3-1-4-8-11/h1,3-4,7-8H,2,5-6,9-10,15H2,(H2,14,16). The van der Waals surface area contributed by atoms with E-state index in [1.807, 2.05) is 11.1 Å². The van der Waals surface area contributed by atoms with Crippen LogP contribution in [-0.2, 0) is 0 Å². The van der Waals surface area contributed by atoms with Gasteiger partial charge in [0.25, 0.3) is 5.91 Å². The van der Waals surface area contributed by atoms with Crippen LogP contribution in [0.3, 0.4) is 0 Å². The molecule has 19 heavy (non-hydrogen) atoms. The average molecular weight is 261 g/mol. The van der Waals surface area contributed by atoms with Gasteiger partial charge in [-0.25, -0.2) is 15.9 Å². The Bertz CT molecular complexity index is 442. The molecule has 0 spiro atoms. The van der Waals surface area contributed by atoms with E-state index >= 15 is 0 Å². The highest BCUT2D eigenvalue weighted by molar-refractivity contribution is 6.04. The molecule has 4 N–H and O–H groups in total. The van der Waals surface area contributed by atoms with E-state index in [-0.39, 0.29) is 11.9 Å². The van der Waals surface area contributed by atoms with Crippen LogP contribution in [0.4, 0.5) is 0 Å². The van der Waals surface area contributed by atoms with Gasteiger partial charge in [-0.05, 0) is 25.0 Å². The van der Waals surface area contributed by atoms with Gasteiger partial charge >= 0.3 is 0 Å². The molecule has 0 unspecified atom stereocenters. The highest BCUT2D eigenvalue weighted by Crippen LogP contribution is 2.14. The summed E-state index contributed by atoms with van der Waals surface area (Å²) < 4.78 is 0. The van der Waals surface area contributed by atoms with E-state index in [4.69, 9.17) is 11.3 Å². The van der Waals surface area contributed by atoms with Crippen LogP contribution < -0.4 is 11.3 Å². The van der Waals surface area contributed by atoms with Crippen molar-refractivity contribution in [2.24, 2.45) is 5.84 Å². The van der Waals surface area contributed by atoms with Gasteiger partial charge in [0.05, 0.1) is 0 Å². The molecule has 0 aromatic heterocycles. The number of nitrogens with two attached hydrogens (primary N) is 1. The third-order valence-electron chi connectivity index (χ3n) is 3.18. The topological polar surface area (TPSA) is 85.5 Å². The molecule has 2 rings (SSSR count). The Labute approximate surface area is 112 Å². The van der Waals surface area contributed by atoms with E-state index in [9.17, 15) is 4.79 Å². The quantitative estimate of drug-likeness (QED) is 0.320. The van der Waals surface area contributed by atoms with Gasteiger partial charge in [0.2, 0.25) is 5.96 Å². The second kappa shape index (κ2) is 6.31. The Balaban J connectivity index is 2.22. The molecule has 0 saturated carbocycles. The molecule has 1 aromatic rings. The average Bonchev–Trinajstić information content (AvgIpc) is 2.49. The summed E-state index contributed by atoms with van der Waals surface area (Å²) in [4.78, 5) is 12.5. The molecule has 6 heteroatoms. The molecule has 0 bridgehead atoms. The molecule has 1 aliphatic rings. The summed E-state index contributed by atoms with van der Waals surface area (Å²) in [5, 5.41) is 11.0. The Morgan fingerprint density at radius 2 is 1.84 bits per heavy atom. The van der Waals surface area contributed by atoms with Crippen molar-refractivity contribution in [1.29, 1.82) is 5.41 Å². The predicted octanol–water partition coefficient (Wildman–Crippen LogP) is 0.928. The molecular weight excluding hydrogens is 242 g/mol. The summed E-state index contributed by atoms with van der Waals surface area (Å²) in [5.41, 5.74) is 2.81. The van der Waals surface area contributed by atoms with Gasteiger partial charge in [0.1, 0.15) is 0 Å². The van der Waals surface area contributed by atoms with Crippen LogP contribution in [-0.4, -0.2) is 35.0 Å². The maximum atomic E-state index is 12.5. The van der Waals surface area contributed by atoms with Crippen molar-refractivity contribution in [3.63, 3.8) is 0 Å². The summed E-state index contributed by atoms with van der Waals surface area (Å²) in [6, 6.07) is 8.95. The van der Waals surface area contributed by atoms with Crippen molar-refractivity contribution in [2.45, 2.75) is 19.3 Å². The van der Waals surface area contributed by atoms with E-state index in [1.54, 1.807) is 24.3 Å². The lowest BCUT2D eigenvalue weighted by molar-refractivity contribution is 0.0184. The molecule has 1 saturated heterocycles. The molecule has 102 valence electrons. The molecule has 0 aliphatic carbocycles. The number of nitrogens with zero attached hydrogens (tertiary/aromatic N) is 2. The van der Waals surface area contributed by atoms with Crippen LogP contribution in [0.15, 0.2) is 30.3 Å². The summed E-state index contributed by atoms with van der Waals surface area (Å²) in [7, 11) is 0. The van der Waals surface area contributed by atoms with Gasteiger partial charge in [0.15, 0.2) is 0 Å². The number of carbonyl (C=O) groups is 1. The Kier molecular flexibility index (Phi) is 4.48. The first-order valence-corrected chi connectivity index (χ1v) is 6.43. The van der Waals surface area contributed by atoms with E-state index in [2.05, 4.69) is 5.43 Å². The minimum Gasteiger partial charge on any atom is -0.293 e. The maximum absolute atomic E-state index is 12.5. The van der Waals surface area contributed by atoms with Crippen LogP contribution in [0.25, 0.3) is 0 Å². The van der Waals surface area contributed by atoms with Crippen molar-refractivity contribution >= 4 is 11.9 Å². The van der Waals surface area contributed by atoms with E-state index in [0.29, 0.717) is 5.56 Å². The largest absolute Gasteiger partial charge is 0.293 e. The third-order valence-corrected chi connectivity index (χ3v) is 3.18. The number of rotatable bonds is 2. The van der Waals surface area contributed by atoms with Crippen molar-refractivity contribution in [3.8, 4) is 0 Å². The second-order valence-electron chi connectivity index (χ2n) is 4.49. The predicted molar refractivity (Wildman–Crippen MR) is 73.1 cm³/mol. The minimum atomic E-state index is -0.231. The lowest BCUT2D eigenvalue weighted by atomic mass is 10.1. The molecule has 1 aromatic carbocycles. The zero-order valence-electron chi connectivity index (χ0n) is 10.8. The fourth-order valence-electron chi connectivity index (χ4n) is 2.21. The molecule has 0 radical (unpaired) electrons. The normalized spacial score (nSPS) is 15.8. The van der Waals surface area contributed by atoms with Gasteiger partial charge in [-0.3, -0.25) is 15.6 Å². The minimum absolute atomic E-state index is 0.101. The number of hydrogen-bond donors (Lipinski definition) is 3. The van der Waals surface area contributed by atoms with Crippen LogP contribution in [0.1, 0.15) is 29.6 Å². The number of carbonyl (C=O) groups excluding carboxylic acids is 1. The molecule has 6 nitrogen and oxygen atoms in total. The lowest BCUT2D eigenvalue weighted by Gasteiger charge is -2.36. The molecule has 1 heterocycles. The second-order valence-corrected chi connectivity index (χ2v) is 4.49. The first kappa shape index (κ1) is 13.5. The number of piperidine rings is 1. The van der Waals surface area contributed by atoms with Gasteiger partial charge in [-0.15, -0.1) is 0 Å². The fourth-order valence-corrected chi connectivity index (χ4v) is 2.21. The van der Waals surface area contributed by atoms with Gasteiger partial charge in [-0.1, -0.05) is 24.6 Å². The Morgan fingerprint density at radius 1 is 1.21 bits per heavy atom. The number of guanidine groups is 1. The summed E-state index contributed by atoms with van der Waals surface area (Å²) in [6.45, 7) is 1.53. The number of hydrogen-bond acceptors (Lipinski definition) is 4. The van der Waals surface area contributed by atoms with Crippen LogP contribution in [0, 0.1) is 5.41 Å². The first-order valence-electron chi connectivity index (χ1n) is 6.43. The summed E-state index contributed by atoms with van der Waals surface area (Å²) in [6.07, 6.45) is 3.21. The SMILES string of the molecule is N=C(NN)N(C(=O)c1ccccc1)N1CCCCC1. The van der Waals surface area contributed by atoms with Crippen LogP contribution in [0.5, 0.6) is 0 Å². The van der Waals surface area contributed by atoms with Crippen molar-refractivity contribution in [1.82, 2.24) is 15.4 Å². The highest BCUT2D eigenvalue weighted by atomic mass is 16.2.